The number of pyridine rings is 1. The molecule has 1 aromatic heterocycles. The minimum absolute atomic E-state index is 0.894. The molecular formula is C16H19F6N2P. The van der Waals surface area contributed by atoms with E-state index in [1.165, 1.54) is 11.3 Å². The molecule has 2 aromatic rings. The van der Waals surface area contributed by atoms with Crippen molar-refractivity contribution in [2.75, 3.05) is 19.0 Å². The van der Waals surface area contributed by atoms with Crippen LogP contribution in [-0.2, 0) is 6.54 Å². The SMILES string of the molecule is C=Cc1ccc(C[n+]2ccc(N(C)C)cc2)cc1.F[P-](F)(F)(F)(F)F. The average molecular weight is 384 g/mol. The van der Waals surface area contributed by atoms with Gasteiger partial charge in [0.05, 0.1) is 0 Å². The van der Waals surface area contributed by atoms with Crippen LogP contribution in [0, 0.1) is 0 Å². The van der Waals surface area contributed by atoms with Gasteiger partial charge in [0.1, 0.15) is 0 Å². The molecule has 25 heavy (non-hydrogen) atoms. The van der Waals surface area contributed by atoms with E-state index in [9.17, 15) is 25.2 Å². The Labute approximate surface area is 142 Å². The normalized spacial score (nSPS) is 13.8. The van der Waals surface area contributed by atoms with Crippen molar-refractivity contribution in [1.29, 1.82) is 0 Å². The molecule has 0 bridgehead atoms. The molecule has 0 aliphatic carbocycles. The van der Waals surface area contributed by atoms with Crippen LogP contribution in [0.3, 0.4) is 0 Å². The molecule has 0 spiro atoms. The van der Waals surface area contributed by atoms with E-state index < -0.39 is 7.81 Å². The summed E-state index contributed by atoms with van der Waals surface area (Å²) in [7, 11) is -6.56. The molecule has 1 aromatic carbocycles. The van der Waals surface area contributed by atoms with Gasteiger partial charge in [-0.1, -0.05) is 36.9 Å². The van der Waals surface area contributed by atoms with Gasteiger partial charge in [0.15, 0.2) is 18.9 Å². The third-order valence-electron chi connectivity index (χ3n) is 2.97. The van der Waals surface area contributed by atoms with E-state index >= 15 is 0 Å². The molecule has 2 rings (SSSR count). The van der Waals surface area contributed by atoms with Crippen molar-refractivity contribution in [2.24, 2.45) is 0 Å². The van der Waals surface area contributed by atoms with Crippen molar-refractivity contribution in [3.63, 3.8) is 0 Å². The minimum atomic E-state index is -10.7. The maximum absolute atomic E-state index is 10.7. The van der Waals surface area contributed by atoms with Crippen LogP contribution in [0.15, 0.2) is 55.4 Å². The summed E-state index contributed by atoms with van der Waals surface area (Å²) in [4.78, 5) is 2.10. The predicted octanol–water partition coefficient (Wildman–Crippen LogP) is 6.11. The number of rotatable bonds is 4. The first-order chi connectivity index (χ1) is 11.1. The van der Waals surface area contributed by atoms with Crippen LogP contribution in [0.4, 0.5) is 30.9 Å². The molecule has 140 valence electrons. The van der Waals surface area contributed by atoms with Crippen LogP contribution in [-0.4, -0.2) is 14.1 Å². The summed E-state index contributed by atoms with van der Waals surface area (Å²) in [6.07, 6.45) is 6.08. The molecule has 0 radical (unpaired) electrons. The van der Waals surface area contributed by atoms with Crippen LogP contribution >= 0.6 is 7.81 Å². The number of hydrogen-bond donors (Lipinski definition) is 0. The molecule has 0 unspecified atom stereocenters. The molecule has 0 N–H and O–H groups in total. The molecule has 0 saturated carbocycles. The van der Waals surface area contributed by atoms with Crippen molar-refractivity contribution in [3.8, 4) is 0 Å². The van der Waals surface area contributed by atoms with E-state index in [1.807, 2.05) is 20.2 Å². The van der Waals surface area contributed by atoms with Crippen molar-refractivity contribution >= 4 is 19.6 Å². The van der Waals surface area contributed by atoms with Crippen LogP contribution < -0.4 is 9.47 Å². The second-order valence-electron chi connectivity index (χ2n) is 5.53. The van der Waals surface area contributed by atoms with Crippen molar-refractivity contribution < 1.29 is 29.7 Å². The Hall–Kier alpha value is -2.08. The second kappa shape index (κ2) is 6.67. The Morgan fingerprint density at radius 3 is 1.72 bits per heavy atom. The van der Waals surface area contributed by atoms with E-state index in [0.29, 0.717) is 0 Å². The van der Waals surface area contributed by atoms with Gasteiger partial charge in [0, 0.05) is 37.5 Å². The predicted molar refractivity (Wildman–Crippen MR) is 90.2 cm³/mol. The Morgan fingerprint density at radius 1 is 0.920 bits per heavy atom. The average Bonchev–Trinajstić information content (AvgIpc) is 2.45. The summed E-state index contributed by atoms with van der Waals surface area (Å²) in [5.41, 5.74) is 3.67. The second-order valence-corrected chi connectivity index (χ2v) is 7.44. The fourth-order valence-electron chi connectivity index (χ4n) is 1.82. The molecule has 9 heteroatoms. The topological polar surface area (TPSA) is 7.12 Å². The van der Waals surface area contributed by atoms with Gasteiger partial charge in [-0.05, 0) is 5.56 Å². The Bertz CT molecular complexity index is 696. The zero-order chi connectivity index (χ0) is 19.4. The first-order valence-electron chi connectivity index (χ1n) is 7.08. The van der Waals surface area contributed by atoms with E-state index in [4.69, 9.17) is 0 Å². The zero-order valence-corrected chi connectivity index (χ0v) is 14.6. The third-order valence-corrected chi connectivity index (χ3v) is 2.97. The van der Waals surface area contributed by atoms with Crippen molar-refractivity contribution in [1.82, 2.24) is 0 Å². The molecule has 0 amide bonds. The van der Waals surface area contributed by atoms with Gasteiger partial charge in [-0.15, -0.1) is 0 Å². The quantitative estimate of drug-likeness (QED) is 0.350. The number of hydrogen-bond acceptors (Lipinski definition) is 1. The zero-order valence-electron chi connectivity index (χ0n) is 13.7. The van der Waals surface area contributed by atoms with E-state index in [2.05, 4.69) is 64.8 Å². The van der Waals surface area contributed by atoms with Crippen LogP contribution in [0.2, 0.25) is 0 Å². The molecule has 0 fully saturated rings. The Balaban J connectivity index is 0.000000381. The number of nitrogens with zero attached hydrogens (tertiary/aromatic N) is 2. The summed E-state index contributed by atoms with van der Waals surface area (Å²) in [5.74, 6) is 0. The summed E-state index contributed by atoms with van der Waals surface area (Å²) in [6, 6.07) is 12.7. The molecule has 1 heterocycles. The summed E-state index contributed by atoms with van der Waals surface area (Å²) in [6.45, 7) is 4.65. The number of anilines is 1. The summed E-state index contributed by atoms with van der Waals surface area (Å²) < 4.78 is 61.4. The first-order valence-corrected chi connectivity index (χ1v) is 9.11. The van der Waals surface area contributed by atoms with Crippen LogP contribution in [0.1, 0.15) is 11.1 Å². The Morgan fingerprint density at radius 2 is 1.36 bits per heavy atom. The maximum atomic E-state index is 9.87. The van der Waals surface area contributed by atoms with E-state index in [-0.39, 0.29) is 0 Å². The van der Waals surface area contributed by atoms with Crippen molar-refractivity contribution in [3.05, 3.63) is 66.5 Å². The first kappa shape index (κ1) is 21.0. The van der Waals surface area contributed by atoms with Gasteiger partial charge in [-0.3, -0.25) is 0 Å². The molecule has 2 nitrogen and oxygen atoms in total. The van der Waals surface area contributed by atoms with Gasteiger partial charge in [0.2, 0.25) is 0 Å². The third kappa shape index (κ3) is 11.2. The van der Waals surface area contributed by atoms with Crippen LogP contribution in [0.25, 0.3) is 6.08 Å². The van der Waals surface area contributed by atoms with Gasteiger partial charge in [-0.2, -0.15) is 0 Å². The van der Waals surface area contributed by atoms with Gasteiger partial charge < -0.3 is 4.90 Å². The number of benzene rings is 1. The van der Waals surface area contributed by atoms with Crippen LogP contribution in [0.5, 0.6) is 0 Å². The van der Waals surface area contributed by atoms with E-state index in [0.717, 1.165) is 12.1 Å². The molecular weight excluding hydrogens is 365 g/mol. The fourth-order valence-corrected chi connectivity index (χ4v) is 1.82. The Kier molecular flexibility index (Phi) is 5.59. The molecule has 0 aliphatic heterocycles. The summed E-state index contributed by atoms with van der Waals surface area (Å²) in [5, 5.41) is 0. The number of aromatic nitrogens is 1. The molecule has 0 saturated heterocycles. The molecule has 0 atom stereocenters. The van der Waals surface area contributed by atoms with Crippen molar-refractivity contribution in [2.45, 2.75) is 6.54 Å². The van der Waals surface area contributed by atoms with E-state index in [1.54, 1.807) is 0 Å². The van der Waals surface area contributed by atoms with Gasteiger partial charge in [0.25, 0.3) is 0 Å². The fraction of sp³-hybridized carbons (Fsp3) is 0.188. The summed E-state index contributed by atoms with van der Waals surface area (Å²) >= 11 is 0. The van der Waals surface area contributed by atoms with Gasteiger partial charge >= 0.3 is 33.0 Å². The number of halogens is 6. The standard InChI is InChI=1S/C16H19N2.F6P/c1-4-14-5-7-15(8-6-14)13-18-11-9-16(10-12-18)17(2)3;1-7(2,3,4,5)6/h4-12H,1,13H2,2-3H3;/q+1;-1. The monoisotopic (exact) mass is 384 g/mol. The van der Waals surface area contributed by atoms with Gasteiger partial charge in [-0.25, -0.2) is 4.57 Å². The molecule has 0 aliphatic rings.